The first-order chi connectivity index (χ1) is 20.7. The van der Waals surface area contributed by atoms with E-state index in [1.54, 1.807) is 14.7 Å². The molecule has 0 heterocycles. The molecule has 9 heteroatoms. The predicted octanol–water partition coefficient (Wildman–Crippen LogP) is 5.63. The third-order valence-electron chi connectivity index (χ3n) is 7.66. The molecule has 43 heavy (non-hydrogen) atoms. The summed E-state index contributed by atoms with van der Waals surface area (Å²) in [5.74, 6) is -1.08. The molecule has 0 saturated heterocycles. The Balaban J connectivity index is 1.59. The van der Waals surface area contributed by atoms with Crippen molar-refractivity contribution >= 4 is 23.9 Å². The molecule has 0 bridgehead atoms. The van der Waals surface area contributed by atoms with Crippen LogP contribution in [0, 0.1) is 5.92 Å². The van der Waals surface area contributed by atoms with Crippen LogP contribution in [0.4, 0.5) is 4.79 Å². The zero-order valence-electron chi connectivity index (χ0n) is 26.1. The van der Waals surface area contributed by atoms with Gasteiger partial charge in [-0.15, -0.1) is 0 Å². The number of benzene rings is 2. The van der Waals surface area contributed by atoms with E-state index >= 15 is 0 Å². The molecule has 0 unspecified atom stereocenters. The molecule has 1 N–H and O–H groups in total. The van der Waals surface area contributed by atoms with Crippen LogP contribution in [0.2, 0.25) is 0 Å². The number of rotatable bonds is 17. The highest BCUT2D eigenvalue weighted by Crippen LogP contribution is 2.44. The molecule has 2 aromatic rings. The first-order valence-electron chi connectivity index (χ1n) is 15.5. The quantitative estimate of drug-likeness (QED) is 0.255. The largest absolute Gasteiger partial charge is 0.481 e. The fraction of sp³-hybridized carbons (Fsp3) is 0.529. The molecule has 1 aliphatic carbocycles. The normalized spacial score (nSPS) is 12.0. The predicted molar refractivity (Wildman–Crippen MR) is 167 cm³/mol. The summed E-state index contributed by atoms with van der Waals surface area (Å²) in [7, 11) is 0. The third-order valence-corrected chi connectivity index (χ3v) is 7.66. The first kappa shape index (κ1) is 33.6. The molecule has 0 fully saturated rings. The molecular formula is C34H47N3O6. The van der Waals surface area contributed by atoms with Gasteiger partial charge in [-0.1, -0.05) is 76.2 Å². The SMILES string of the molecule is CCCN(CCC(=O)O)C(=O)CCN(CCC)C(=O)CCN(CC(C)C)C(=O)OCC1c2ccccc2-c2ccccc21. The lowest BCUT2D eigenvalue weighted by molar-refractivity contribution is -0.138. The molecule has 3 amide bonds. The topological polar surface area (TPSA) is 107 Å². The van der Waals surface area contributed by atoms with Crippen LogP contribution in [0.15, 0.2) is 48.5 Å². The van der Waals surface area contributed by atoms with Crippen LogP contribution >= 0.6 is 0 Å². The molecule has 0 aromatic heterocycles. The van der Waals surface area contributed by atoms with Gasteiger partial charge in [-0.2, -0.15) is 0 Å². The summed E-state index contributed by atoms with van der Waals surface area (Å²) < 4.78 is 5.88. The Morgan fingerprint density at radius 1 is 0.721 bits per heavy atom. The minimum atomic E-state index is -0.945. The number of hydrogen-bond donors (Lipinski definition) is 1. The van der Waals surface area contributed by atoms with E-state index in [0.717, 1.165) is 35.1 Å². The number of hydrogen-bond acceptors (Lipinski definition) is 5. The average molecular weight is 594 g/mol. The average Bonchev–Trinajstić information content (AvgIpc) is 3.31. The van der Waals surface area contributed by atoms with Crippen molar-refractivity contribution in [3.63, 3.8) is 0 Å². The number of carbonyl (C=O) groups is 4. The number of ether oxygens (including phenoxy) is 1. The summed E-state index contributed by atoms with van der Waals surface area (Å²) >= 11 is 0. The van der Waals surface area contributed by atoms with Crippen molar-refractivity contribution in [2.24, 2.45) is 5.92 Å². The van der Waals surface area contributed by atoms with E-state index in [-0.39, 0.29) is 69.2 Å². The first-order valence-corrected chi connectivity index (χ1v) is 15.5. The van der Waals surface area contributed by atoms with Gasteiger partial charge >= 0.3 is 12.1 Å². The number of amides is 3. The maximum atomic E-state index is 13.3. The second kappa shape index (κ2) is 16.7. The number of nitrogens with zero attached hydrogens (tertiary/aromatic N) is 3. The molecule has 0 saturated carbocycles. The van der Waals surface area contributed by atoms with Crippen LogP contribution in [0.1, 0.15) is 76.8 Å². The van der Waals surface area contributed by atoms with Crippen molar-refractivity contribution in [1.82, 2.24) is 14.7 Å². The van der Waals surface area contributed by atoms with Gasteiger partial charge in [-0.25, -0.2) is 4.79 Å². The van der Waals surface area contributed by atoms with Crippen molar-refractivity contribution < 1.29 is 29.0 Å². The van der Waals surface area contributed by atoms with E-state index < -0.39 is 12.1 Å². The minimum Gasteiger partial charge on any atom is -0.481 e. The molecule has 9 nitrogen and oxygen atoms in total. The van der Waals surface area contributed by atoms with Crippen LogP contribution in [0.25, 0.3) is 11.1 Å². The van der Waals surface area contributed by atoms with Crippen LogP contribution in [0.3, 0.4) is 0 Å². The summed E-state index contributed by atoms with van der Waals surface area (Å²) in [4.78, 5) is 55.2. The zero-order valence-corrected chi connectivity index (χ0v) is 26.1. The highest BCUT2D eigenvalue weighted by Gasteiger charge is 2.30. The lowest BCUT2D eigenvalue weighted by Crippen LogP contribution is -2.41. The highest BCUT2D eigenvalue weighted by atomic mass is 16.6. The van der Waals surface area contributed by atoms with Crippen molar-refractivity contribution in [3.8, 4) is 11.1 Å². The minimum absolute atomic E-state index is 0.0424. The maximum Gasteiger partial charge on any atom is 0.409 e. The lowest BCUT2D eigenvalue weighted by atomic mass is 9.98. The monoisotopic (exact) mass is 593 g/mol. The Kier molecular flexibility index (Phi) is 13.0. The molecule has 0 spiro atoms. The summed E-state index contributed by atoms with van der Waals surface area (Å²) in [6.07, 6.45) is 1.18. The number of fused-ring (bicyclic) bond motifs is 3. The Labute approximate surface area is 255 Å². The van der Waals surface area contributed by atoms with Crippen molar-refractivity contribution in [3.05, 3.63) is 59.7 Å². The molecule has 3 rings (SSSR count). The van der Waals surface area contributed by atoms with E-state index in [1.807, 2.05) is 52.0 Å². The summed E-state index contributed by atoms with van der Waals surface area (Å²) in [6, 6.07) is 16.4. The molecule has 0 atom stereocenters. The fourth-order valence-electron chi connectivity index (χ4n) is 5.65. The van der Waals surface area contributed by atoms with Gasteiger partial charge in [-0.3, -0.25) is 14.4 Å². The van der Waals surface area contributed by atoms with E-state index in [2.05, 4.69) is 24.3 Å². The molecular weight excluding hydrogens is 546 g/mol. The lowest BCUT2D eigenvalue weighted by Gasteiger charge is -2.28. The molecule has 234 valence electrons. The van der Waals surface area contributed by atoms with Gasteiger partial charge in [0.15, 0.2) is 0 Å². The fourth-order valence-corrected chi connectivity index (χ4v) is 5.65. The number of carboxylic acid groups (broad SMARTS) is 1. The van der Waals surface area contributed by atoms with Crippen molar-refractivity contribution in [2.45, 2.75) is 65.7 Å². The Hall–Kier alpha value is -3.88. The summed E-state index contributed by atoms with van der Waals surface area (Å²) in [6.45, 7) is 10.3. The Morgan fingerprint density at radius 3 is 1.65 bits per heavy atom. The van der Waals surface area contributed by atoms with E-state index in [1.165, 1.54) is 0 Å². The Morgan fingerprint density at radius 2 is 1.19 bits per heavy atom. The molecule has 1 aliphatic rings. The summed E-state index contributed by atoms with van der Waals surface area (Å²) in [5, 5.41) is 9.01. The standard InChI is InChI=1S/C34H47N3O6/c1-5-18-35(20-15-31(38)36(19-6-2)22-17-33(40)41)32(39)16-21-37(23-25(3)4)34(42)43-24-30-28-13-9-7-11-26(28)27-12-8-10-14-29(27)30/h7-14,25,30H,5-6,15-24H2,1-4H3,(H,40,41). The molecule has 2 aromatic carbocycles. The van der Waals surface area contributed by atoms with Crippen LogP contribution in [-0.2, 0) is 19.1 Å². The Bertz CT molecular complexity index is 1200. The zero-order chi connectivity index (χ0) is 31.4. The van der Waals surface area contributed by atoms with Crippen molar-refractivity contribution in [1.29, 1.82) is 0 Å². The summed E-state index contributed by atoms with van der Waals surface area (Å²) in [5.41, 5.74) is 4.62. The molecule has 0 radical (unpaired) electrons. The van der Waals surface area contributed by atoms with Crippen LogP contribution < -0.4 is 0 Å². The number of carboxylic acids is 1. The van der Waals surface area contributed by atoms with Gasteiger partial charge in [0.25, 0.3) is 0 Å². The van der Waals surface area contributed by atoms with E-state index in [9.17, 15) is 19.2 Å². The second-order valence-electron chi connectivity index (χ2n) is 11.5. The van der Waals surface area contributed by atoms with E-state index in [4.69, 9.17) is 9.84 Å². The third kappa shape index (κ3) is 9.56. The van der Waals surface area contributed by atoms with Gasteiger partial charge < -0.3 is 24.5 Å². The van der Waals surface area contributed by atoms with Gasteiger partial charge in [0.1, 0.15) is 6.61 Å². The van der Waals surface area contributed by atoms with Gasteiger partial charge in [0, 0.05) is 58.0 Å². The van der Waals surface area contributed by atoms with Crippen LogP contribution in [-0.4, -0.2) is 89.6 Å². The molecule has 0 aliphatic heterocycles. The number of carbonyl (C=O) groups excluding carboxylic acids is 3. The van der Waals surface area contributed by atoms with Gasteiger partial charge in [-0.05, 0) is 41.0 Å². The highest BCUT2D eigenvalue weighted by molar-refractivity contribution is 5.81. The smallest absolute Gasteiger partial charge is 0.409 e. The van der Waals surface area contributed by atoms with Gasteiger partial charge in [0.05, 0.1) is 6.42 Å². The van der Waals surface area contributed by atoms with Crippen molar-refractivity contribution in [2.75, 3.05) is 45.9 Å². The van der Waals surface area contributed by atoms with E-state index in [0.29, 0.717) is 19.6 Å². The number of aliphatic carboxylic acids is 1. The second-order valence-corrected chi connectivity index (χ2v) is 11.5. The maximum absolute atomic E-state index is 13.3. The van der Waals surface area contributed by atoms with Crippen LogP contribution in [0.5, 0.6) is 0 Å². The van der Waals surface area contributed by atoms with Gasteiger partial charge in [0.2, 0.25) is 11.8 Å².